The lowest BCUT2D eigenvalue weighted by Crippen LogP contribution is -2.00. The molecule has 0 spiro atoms. The summed E-state index contributed by atoms with van der Waals surface area (Å²) in [5.74, 6) is 0.736. The van der Waals surface area contributed by atoms with Crippen LogP contribution >= 0.6 is 11.6 Å². The Balaban J connectivity index is 2.68. The van der Waals surface area contributed by atoms with Crippen LogP contribution in [-0.2, 0) is 0 Å². The van der Waals surface area contributed by atoms with Gasteiger partial charge in [-0.3, -0.25) is 0 Å². The van der Waals surface area contributed by atoms with Gasteiger partial charge in [0.1, 0.15) is 0 Å². The van der Waals surface area contributed by atoms with E-state index in [9.17, 15) is 0 Å². The molecule has 50 valence electrons. The molecule has 1 unspecified atom stereocenters. The van der Waals surface area contributed by atoms with E-state index in [1.54, 1.807) is 0 Å². The molecule has 0 fully saturated rings. The largest absolute Gasteiger partial charge is 0.0943 e. The Morgan fingerprint density at radius 2 is 2.44 bits per heavy atom. The molecule has 0 aliphatic heterocycles. The van der Waals surface area contributed by atoms with Crippen molar-refractivity contribution in [2.45, 2.75) is 19.8 Å². The summed E-state index contributed by atoms with van der Waals surface area (Å²) in [6.45, 7) is 6.06. The molecule has 0 saturated carbocycles. The van der Waals surface area contributed by atoms with E-state index >= 15 is 0 Å². The first-order chi connectivity index (χ1) is 4.20. The fourth-order valence-corrected chi connectivity index (χ4v) is 1.22. The average Bonchev–Trinajstić information content (AvgIpc) is 1.80. The van der Waals surface area contributed by atoms with E-state index < -0.39 is 0 Å². The van der Waals surface area contributed by atoms with E-state index in [-0.39, 0.29) is 0 Å². The van der Waals surface area contributed by atoms with Crippen LogP contribution in [0.3, 0.4) is 0 Å². The molecule has 1 heteroatoms. The highest BCUT2D eigenvalue weighted by molar-refractivity contribution is 6.32. The zero-order valence-corrected chi connectivity index (χ0v) is 6.41. The minimum atomic E-state index is 0.736. The van der Waals surface area contributed by atoms with Crippen LogP contribution < -0.4 is 0 Å². The lowest BCUT2D eigenvalue weighted by molar-refractivity contribution is 0.577. The number of hydrogen-bond acceptors (Lipinski definition) is 0. The van der Waals surface area contributed by atoms with Crippen molar-refractivity contribution in [2.75, 3.05) is 0 Å². The fraction of sp³-hybridized carbons (Fsp3) is 0.500. The lowest BCUT2D eigenvalue weighted by Gasteiger charge is -2.16. The van der Waals surface area contributed by atoms with Gasteiger partial charge in [-0.1, -0.05) is 31.2 Å². The maximum atomic E-state index is 5.79. The monoisotopic (exact) mass is 142 g/mol. The molecule has 0 aromatic rings. The second-order valence-corrected chi connectivity index (χ2v) is 3.11. The molecule has 1 rings (SSSR count). The normalized spacial score (nSPS) is 28.0. The highest BCUT2D eigenvalue weighted by Gasteiger charge is 2.10. The maximum Gasteiger partial charge on any atom is 0.0392 e. The fourth-order valence-electron chi connectivity index (χ4n) is 1.05. The molecule has 9 heavy (non-hydrogen) atoms. The Hall–Kier alpha value is -0.230. The molecule has 1 aliphatic carbocycles. The highest BCUT2D eigenvalue weighted by atomic mass is 35.5. The number of halogens is 1. The van der Waals surface area contributed by atoms with Gasteiger partial charge in [0.2, 0.25) is 0 Å². The van der Waals surface area contributed by atoms with Gasteiger partial charge >= 0.3 is 0 Å². The summed E-state index contributed by atoms with van der Waals surface area (Å²) in [6.07, 6.45) is 4.23. The molecule has 0 aromatic heterocycles. The zero-order valence-electron chi connectivity index (χ0n) is 5.65. The van der Waals surface area contributed by atoms with E-state index in [0.717, 1.165) is 29.4 Å². The molecule has 0 saturated heterocycles. The van der Waals surface area contributed by atoms with Crippen molar-refractivity contribution >= 4 is 11.6 Å². The van der Waals surface area contributed by atoms with Crippen LogP contribution in [0.5, 0.6) is 0 Å². The van der Waals surface area contributed by atoms with Gasteiger partial charge in [0.25, 0.3) is 0 Å². The molecule has 0 N–H and O–H groups in total. The zero-order chi connectivity index (χ0) is 6.85. The van der Waals surface area contributed by atoms with Crippen molar-refractivity contribution in [3.05, 3.63) is 23.3 Å². The molecule has 0 radical (unpaired) electrons. The van der Waals surface area contributed by atoms with Gasteiger partial charge in [-0.2, -0.15) is 0 Å². The molecule has 0 bridgehead atoms. The van der Waals surface area contributed by atoms with E-state index in [4.69, 9.17) is 11.6 Å². The summed E-state index contributed by atoms with van der Waals surface area (Å²) in [5, 5.41) is 0.869. The van der Waals surface area contributed by atoms with E-state index in [0.29, 0.717) is 0 Å². The first-order valence-electron chi connectivity index (χ1n) is 3.24. The van der Waals surface area contributed by atoms with Crippen molar-refractivity contribution in [1.29, 1.82) is 0 Å². The molecular formula is C8H11Cl. The molecule has 0 heterocycles. The smallest absolute Gasteiger partial charge is 0.0392 e. The summed E-state index contributed by atoms with van der Waals surface area (Å²) in [5.41, 5.74) is 1.09. The molecule has 1 aliphatic rings. The minimum absolute atomic E-state index is 0.736. The standard InChI is InChI=1S/C8H11Cl/c1-6-3-4-8(9)7(2)5-6/h4,6H,2-3,5H2,1H3. The SMILES string of the molecule is C=C1CC(C)CC=C1Cl. The van der Waals surface area contributed by atoms with Gasteiger partial charge < -0.3 is 0 Å². The molecule has 0 aromatic carbocycles. The Morgan fingerprint density at radius 3 is 2.89 bits per heavy atom. The second kappa shape index (κ2) is 2.57. The molecule has 0 nitrogen and oxygen atoms in total. The first-order valence-corrected chi connectivity index (χ1v) is 3.61. The summed E-state index contributed by atoms with van der Waals surface area (Å²) < 4.78 is 0. The summed E-state index contributed by atoms with van der Waals surface area (Å²) in [6, 6.07) is 0. The van der Waals surface area contributed by atoms with Crippen LogP contribution in [0.15, 0.2) is 23.3 Å². The van der Waals surface area contributed by atoms with Gasteiger partial charge in [-0.05, 0) is 24.3 Å². The van der Waals surface area contributed by atoms with E-state index in [1.807, 2.05) is 0 Å². The van der Waals surface area contributed by atoms with Gasteiger partial charge in [-0.15, -0.1) is 0 Å². The molecule has 0 amide bonds. The molecule has 1 atom stereocenters. The van der Waals surface area contributed by atoms with Gasteiger partial charge in [-0.25, -0.2) is 0 Å². The van der Waals surface area contributed by atoms with Crippen molar-refractivity contribution in [2.24, 2.45) is 5.92 Å². The Kier molecular flexibility index (Phi) is 1.97. The molecular weight excluding hydrogens is 132 g/mol. The topological polar surface area (TPSA) is 0 Å². The Morgan fingerprint density at radius 1 is 1.78 bits per heavy atom. The number of allylic oxidation sites excluding steroid dienone is 3. The van der Waals surface area contributed by atoms with Crippen LogP contribution in [0, 0.1) is 5.92 Å². The second-order valence-electron chi connectivity index (χ2n) is 2.70. The van der Waals surface area contributed by atoms with Crippen LogP contribution in [0.1, 0.15) is 19.8 Å². The Labute approximate surface area is 61.2 Å². The van der Waals surface area contributed by atoms with Crippen LogP contribution in [-0.4, -0.2) is 0 Å². The summed E-state index contributed by atoms with van der Waals surface area (Å²) >= 11 is 5.79. The predicted molar refractivity (Wildman–Crippen MR) is 41.5 cm³/mol. The van der Waals surface area contributed by atoms with Crippen molar-refractivity contribution < 1.29 is 0 Å². The van der Waals surface area contributed by atoms with E-state index in [2.05, 4.69) is 19.6 Å². The summed E-state index contributed by atoms with van der Waals surface area (Å²) in [4.78, 5) is 0. The average molecular weight is 143 g/mol. The summed E-state index contributed by atoms with van der Waals surface area (Å²) in [7, 11) is 0. The van der Waals surface area contributed by atoms with Crippen LogP contribution in [0.4, 0.5) is 0 Å². The van der Waals surface area contributed by atoms with Gasteiger partial charge in [0.05, 0.1) is 0 Å². The quantitative estimate of drug-likeness (QED) is 0.488. The highest BCUT2D eigenvalue weighted by Crippen LogP contribution is 2.28. The first kappa shape index (κ1) is 6.88. The van der Waals surface area contributed by atoms with Crippen molar-refractivity contribution in [1.82, 2.24) is 0 Å². The van der Waals surface area contributed by atoms with Gasteiger partial charge in [0, 0.05) is 5.03 Å². The Bertz CT molecular complexity index is 156. The minimum Gasteiger partial charge on any atom is -0.0943 e. The van der Waals surface area contributed by atoms with Crippen LogP contribution in [0.2, 0.25) is 0 Å². The third-order valence-electron chi connectivity index (χ3n) is 1.63. The number of rotatable bonds is 0. The van der Waals surface area contributed by atoms with Crippen molar-refractivity contribution in [3.63, 3.8) is 0 Å². The predicted octanol–water partition coefficient (Wildman–Crippen LogP) is 3.10. The number of hydrogen-bond donors (Lipinski definition) is 0. The van der Waals surface area contributed by atoms with Crippen molar-refractivity contribution in [3.8, 4) is 0 Å². The van der Waals surface area contributed by atoms with E-state index in [1.165, 1.54) is 0 Å². The van der Waals surface area contributed by atoms with Crippen LogP contribution in [0.25, 0.3) is 0 Å². The third kappa shape index (κ3) is 1.59. The van der Waals surface area contributed by atoms with Gasteiger partial charge in [0.15, 0.2) is 0 Å². The lowest BCUT2D eigenvalue weighted by atomic mass is 9.93. The third-order valence-corrected chi connectivity index (χ3v) is 2.05. The maximum absolute atomic E-state index is 5.79.